The predicted octanol–water partition coefficient (Wildman–Crippen LogP) is 3.16. The molecule has 0 unspecified atom stereocenters. The third-order valence-electron chi connectivity index (χ3n) is 3.66. The Hall–Kier alpha value is -2.36. The van der Waals surface area contributed by atoms with Crippen molar-refractivity contribution in [1.29, 1.82) is 0 Å². The van der Waals surface area contributed by atoms with Crippen LogP contribution in [0.2, 0.25) is 0 Å². The third kappa shape index (κ3) is 6.96. The fourth-order valence-corrected chi connectivity index (χ4v) is 2.38. The van der Waals surface area contributed by atoms with Gasteiger partial charge >= 0.3 is 0 Å². The zero-order valence-electron chi connectivity index (χ0n) is 13.8. The highest BCUT2D eigenvalue weighted by molar-refractivity contribution is 5.79. The van der Waals surface area contributed by atoms with E-state index in [2.05, 4.69) is 50.9 Å². The van der Waals surface area contributed by atoms with Crippen molar-refractivity contribution in [1.82, 2.24) is 15.6 Å². The molecule has 122 valence electrons. The predicted molar refractivity (Wildman–Crippen MR) is 96.4 cm³/mol. The van der Waals surface area contributed by atoms with Crippen molar-refractivity contribution in [3.8, 4) is 0 Å². The van der Waals surface area contributed by atoms with E-state index in [-0.39, 0.29) is 0 Å². The summed E-state index contributed by atoms with van der Waals surface area (Å²) < 4.78 is 0. The van der Waals surface area contributed by atoms with E-state index in [1.165, 1.54) is 18.4 Å². The number of rotatable bonds is 8. The third-order valence-corrected chi connectivity index (χ3v) is 3.66. The maximum atomic E-state index is 4.29. The fraction of sp³-hybridized carbons (Fsp3) is 0.368. The molecule has 0 spiro atoms. The van der Waals surface area contributed by atoms with Gasteiger partial charge in [0.15, 0.2) is 5.96 Å². The van der Waals surface area contributed by atoms with Crippen LogP contribution in [0.3, 0.4) is 0 Å². The monoisotopic (exact) mass is 310 g/mol. The van der Waals surface area contributed by atoms with Crippen LogP contribution in [0.1, 0.15) is 30.5 Å². The molecule has 0 saturated carbocycles. The van der Waals surface area contributed by atoms with Crippen molar-refractivity contribution in [2.45, 2.75) is 32.2 Å². The Bertz CT molecular complexity index is 566. The van der Waals surface area contributed by atoms with Gasteiger partial charge < -0.3 is 10.6 Å². The lowest BCUT2D eigenvalue weighted by molar-refractivity contribution is 0.655. The van der Waals surface area contributed by atoms with E-state index in [0.29, 0.717) is 6.54 Å². The Labute approximate surface area is 139 Å². The minimum atomic E-state index is 0.689. The first-order chi connectivity index (χ1) is 11.4. The van der Waals surface area contributed by atoms with E-state index in [0.717, 1.165) is 31.0 Å². The van der Waals surface area contributed by atoms with Gasteiger partial charge in [0.25, 0.3) is 0 Å². The molecule has 0 atom stereocenters. The number of nitrogens with zero attached hydrogens (tertiary/aromatic N) is 2. The van der Waals surface area contributed by atoms with Gasteiger partial charge in [0.2, 0.25) is 0 Å². The highest BCUT2D eigenvalue weighted by atomic mass is 15.2. The van der Waals surface area contributed by atoms with E-state index in [1.807, 2.05) is 18.2 Å². The molecule has 0 aliphatic heterocycles. The van der Waals surface area contributed by atoms with Gasteiger partial charge in [-0.25, -0.2) is 0 Å². The van der Waals surface area contributed by atoms with Crippen molar-refractivity contribution in [2.75, 3.05) is 13.6 Å². The van der Waals surface area contributed by atoms with Crippen LogP contribution < -0.4 is 10.6 Å². The summed E-state index contributed by atoms with van der Waals surface area (Å²) in [6.45, 7) is 1.63. The summed E-state index contributed by atoms with van der Waals surface area (Å²) in [7, 11) is 1.79. The molecule has 0 aliphatic carbocycles. The van der Waals surface area contributed by atoms with E-state index in [9.17, 15) is 0 Å². The first kappa shape index (κ1) is 17.0. The molecular weight excluding hydrogens is 284 g/mol. The molecule has 4 nitrogen and oxygen atoms in total. The van der Waals surface area contributed by atoms with Crippen molar-refractivity contribution in [3.63, 3.8) is 0 Å². The molecule has 0 amide bonds. The van der Waals surface area contributed by atoms with Crippen molar-refractivity contribution < 1.29 is 0 Å². The van der Waals surface area contributed by atoms with Crippen LogP contribution >= 0.6 is 0 Å². The molecule has 2 N–H and O–H groups in total. The SMILES string of the molecule is CN=C(NCCCCCc1ccccc1)NCc1ccccn1. The summed E-state index contributed by atoms with van der Waals surface area (Å²) in [5.74, 6) is 0.832. The Morgan fingerprint density at radius 3 is 2.52 bits per heavy atom. The standard InChI is InChI=1S/C19H26N4/c1-20-19(23-16-18-13-7-9-14-21-18)22-15-8-3-6-12-17-10-4-2-5-11-17/h2,4-5,7,9-11,13-14H,3,6,8,12,15-16H2,1H3,(H2,20,22,23). The van der Waals surface area contributed by atoms with Crippen LogP contribution in [0.5, 0.6) is 0 Å². The van der Waals surface area contributed by atoms with E-state index in [1.54, 1.807) is 13.2 Å². The summed E-state index contributed by atoms with van der Waals surface area (Å²) in [5, 5.41) is 6.63. The highest BCUT2D eigenvalue weighted by Crippen LogP contribution is 2.05. The van der Waals surface area contributed by atoms with Gasteiger partial charge in [-0.2, -0.15) is 0 Å². The second kappa shape index (κ2) is 10.4. The van der Waals surface area contributed by atoms with Crippen LogP contribution in [0.4, 0.5) is 0 Å². The van der Waals surface area contributed by atoms with Gasteiger partial charge in [-0.15, -0.1) is 0 Å². The summed E-state index contributed by atoms with van der Waals surface area (Å²) in [6, 6.07) is 16.6. The number of guanidine groups is 1. The lowest BCUT2D eigenvalue weighted by atomic mass is 10.1. The molecule has 1 aromatic carbocycles. The maximum Gasteiger partial charge on any atom is 0.191 e. The van der Waals surface area contributed by atoms with Crippen LogP contribution in [-0.2, 0) is 13.0 Å². The number of aliphatic imine (C=N–C) groups is 1. The Morgan fingerprint density at radius 2 is 1.78 bits per heavy atom. The number of hydrogen-bond donors (Lipinski definition) is 2. The second-order valence-corrected chi connectivity index (χ2v) is 5.47. The second-order valence-electron chi connectivity index (χ2n) is 5.47. The van der Waals surface area contributed by atoms with Gasteiger partial charge in [0.05, 0.1) is 12.2 Å². The average molecular weight is 310 g/mol. The molecule has 2 rings (SSSR count). The summed E-state index contributed by atoms with van der Waals surface area (Å²) in [5.41, 5.74) is 2.44. The van der Waals surface area contributed by atoms with Gasteiger partial charge in [0.1, 0.15) is 0 Å². The quantitative estimate of drug-likeness (QED) is 0.447. The molecule has 0 radical (unpaired) electrons. The molecule has 4 heteroatoms. The van der Waals surface area contributed by atoms with Crippen LogP contribution in [0, 0.1) is 0 Å². The summed E-state index contributed by atoms with van der Waals surface area (Å²) >= 11 is 0. The van der Waals surface area contributed by atoms with Gasteiger partial charge in [-0.05, 0) is 37.0 Å². The van der Waals surface area contributed by atoms with E-state index in [4.69, 9.17) is 0 Å². The molecule has 0 bridgehead atoms. The van der Waals surface area contributed by atoms with Gasteiger partial charge in [-0.1, -0.05) is 42.8 Å². The van der Waals surface area contributed by atoms with E-state index >= 15 is 0 Å². The first-order valence-corrected chi connectivity index (χ1v) is 8.27. The summed E-state index contributed by atoms with van der Waals surface area (Å²) in [6.07, 6.45) is 6.56. The zero-order chi connectivity index (χ0) is 16.2. The highest BCUT2D eigenvalue weighted by Gasteiger charge is 1.98. The number of hydrogen-bond acceptors (Lipinski definition) is 2. The van der Waals surface area contributed by atoms with Crippen LogP contribution in [0.25, 0.3) is 0 Å². The average Bonchev–Trinajstić information content (AvgIpc) is 2.62. The molecule has 1 heterocycles. The van der Waals surface area contributed by atoms with Gasteiger partial charge in [-0.3, -0.25) is 9.98 Å². The number of aryl methyl sites for hydroxylation is 1. The minimum Gasteiger partial charge on any atom is -0.356 e. The summed E-state index contributed by atoms with van der Waals surface area (Å²) in [4.78, 5) is 8.52. The van der Waals surface area contributed by atoms with Crippen LogP contribution in [0.15, 0.2) is 59.7 Å². The molecule has 1 aromatic heterocycles. The normalized spacial score (nSPS) is 11.3. The van der Waals surface area contributed by atoms with Gasteiger partial charge in [0, 0.05) is 19.8 Å². The molecular formula is C19H26N4. The first-order valence-electron chi connectivity index (χ1n) is 8.27. The largest absolute Gasteiger partial charge is 0.356 e. The van der Waals surface area contributed by atoms with E-state index < -0.39 is 0 Å². The maximum absolute atomic E-state index is 4.29. The zero-order valence-corrected chi connectivity index (χ0v) is 13.8. The topological polar surface area (TPSA) is 49.3 Å². The molecule has 0 saturated heterocycles. The number of unbranched alkanes of at least 4 members (excludes halogenated alkanes) is 2. The molecule has 23 heavy (non-hydrogen) atoms. The van der Waals surface area contributed by atoms with Crippen molar-refractivity contribution >= 4 is 5.96 Å². The lowest BCUT2D eigenvalue weighted by Crippen LogP contribution is -2.37. The van der Waals surface area contributed by atoms with Crippen LogP contribution in [-0.4, -0.2) is 24.5 Å². The minimum absolute atomic E-state index is 0.689. The van der Waals surface area contributed by atoms with Crippen molar-refractivity contribution in [2.24, 2.45) is 4.99 Å². The molecule has 0 aliphatic rings. The smallest absolute Gasteiger partial charge is 0.191 e. The lowest BCUT2D eigenvalue weighted by Gasteiger charge is -2.11. The molecule has 0 fully saturated rings. The number of pyridine rings is 1. The van der Waals surface area contributed by atoms with Crippen molar-refractivity contribution in [3.05, 3.63) is 66.0 Å². The Kier molecular flexibility index (Phi) is 7.67. The molecule has 2 aromatic rings. The number of aromatic nitrogens is 1. The number of nitrogens with one attached hydrogen (secondary N) is 2. The number of benzene rings is 1. The Balaban J connectivity index is 1.55. The fourth-order valence-electron chi connectivity index (χ4n) is 2.38. The Morgan fingerprint density at radius 1 is 0.957 bits per heavy atom.